The molecule has 0 radical (unpaired) electrons. The van der Waals surface area contributed by atoms with E-state index >= 15 is 0 Å². The van der Waals surface area contributed by atoms with Crippen LogP contribution in [0.4, 0.5) is 5.69 Å². The minimum atomic E-state index is 0.0563. The van der Waals surface area contributed by atoms with E-state index in [0.717, 1.165) is 23.5 Å². The van der Waals surface area contributed by atoms with Crippen LogP contribution in [0.1, 0.15) is 31.0 Å². The highest BCUT2D eigenvalue weighted by atomic mass is 16.3. The van der Waals surface area contributed by atoms with Crippen molar-refractivity contribution in [1.82, 2.24) is 9.88 Å². The van der Waals surface area contributed by atoms with Gasteiger partial charge in [-0.2, -0.15) is 0 Å². The fraction of sp³-hybridized carbons (Fsp3) is 0.667. The lowest BCUT2D eigenvalue weighted by molar-refractivity contribution is 0.220. The van der Waals surface area contributed by atoms with Crippen LogP contribution in [0.2, 0.25) is 0 Å². The molecule has 106 valence electrons. The zero-order chi connectivity index (χ0) is 13.8. The quantitative estimate of drug-likeness (QED) is 0.899. The molecule has 1 aliphatic heterocycles. The number of aromatic nitrogens is 1. The highest BCUT2D eigenvalue weighted by molar-refractivity contribution is 5.53. The lowest BCUT2D eigenvalue weighted by Gasteiger charge is -2.38. The fourth-order valence-electron chi connectivity index (χ4n) is 2.84. The lowest BCUT2D eigenvalue weighted by atomic mass is 10.0. The molecule has 0 bridgehead atoms. The number of pyridine rings is 1. The van der Waals surface area contributed by atoms with Crippen molar-refractivity contribution in [2.24, 2.45) is 0 Å². The molecular formula is C15H25N3O. The van der Waals surface area contributed by atoms with Crippen LogP contribution >= 0.6 is 0 Å². The van der Waals surface area contributed by atoms with Crippen molar-refractivity contribution in [2.75, 3.05) is 31.6 Å². The number of hydrogen-bond acceptors (Lipinski definition) is 4. The number of nitrogens with zero attached hydrogens (tertiary/aromatic N) is 3. The summed E-state index contributed by atoms with van der Waals surface area (Å²) in [6, 6.07) is 2.65. The smallest absolute Gasteiger partial charge is 0.0717 e. The van der Waals surface area contributed by atoms with Gasteiger partial charge in [0.15, 0.2) is 0 Å². The Morgan fingerprint density at radius 1 is 1.42 bits per heavy atom. The van der Waals surface area contributed by atoms with E-state index in [9.17, 15) is 5.11 Å². The van der Waals surface area contributed by atoms with Crippen molar-refractivity contribution in [3.05, 3.63) is 23.5 Å². The number of anilines is 1. The minimum Gasteiger partial charge on any atom is -0.392 e. The second kappa shape index (κ2) is 6.35. The summed E-state index contributed by atoms with van der Waals surface area (Å²) in [6.07, 6.45) is 4.18. The molecule has 4 heteroatoms. The average Bonchev–Trinajstić information content (AvgIpc) is 2.46. The first-order valence-electron chi connectivity index (χ1n) is 7.17. The predicted molar refractivity (Wildman–Crippen MR) is 78.4 cm³/mol. The molecule has 0 atom stereocenters. The fourth-order valence-corrected chi connectivity index (χ4v) is 2.84. The van der Waals surface area contributed by atoms with Crippen molar-refractivity contribution in [3.63, 3.8) is 0 Å². The Morgan fingerprint density at radius 3 is 2.68 bits per heavy atom. The largest absolute Gasteiger partial charge is 0.392 e. The second-order valence-corrected chi connectivity index (χ2v) is 5.39. The predicted octanol–water partition coefficient (Wildman–Crippen LogP) is 1.80. The van der Waals surface area contributed by atoms with Crippen molar-refractivity contribution in [1.29, 1.82) is 0 Å². The molecule has 0 aliphatic carbocycles. The number of rotatable bonds is 4. The van der Waals surface area contributed by atoms with Gasteiger partial charge in [-0.15, -0.1) is 0 Å². The molecule has 0 amide bonds. The van der Waals surface area contributed by atoms with Crippen LogP contribution in [-0.4, -0.2) is 47.7 Å². The number of likely N-dealkylation sites (tertiary alicyclic amines) is 1. The molecule has 2 rings (SSSR count). The summed E-state index contributed by atoms with van der Waals surface area (Å²) in [6.45, 7) is 7.76. The van der Waals surface area contributed by atoms with Gasteiger partial charge in [0.05, 0.1) is 6.61 Å². The molecule has 0 spiro atoms. The summed E-state index contributed by atoms with van der Waals surface area (Å²) < 4.78 is 0. The number of piperidine rings is 1. The minimum absolute atomic E-state index is 0.0563. The zero-order valence-electron chi connectivity index (χ0n) is 12.3. The van der Waals surface area contributed by atoms with Gasteiger partial charge < -0.3 is 14.9 Å². The Morgan fingerprint density at radius 2 is 2.11 bits per heavy atom. The van der Waals surface area contributed by atoms with Crippen LogP contribution in [0, 0.1) is 6.92 Å². The Bertz CT molecular complexity index is 414. The molecule has 1 aromatic rings. The van der Waals surface area contributed by atoms with Gasteiger partial charge in [-0.1, -0.05) is 6.92 Å². The molecule has 19 heavy (non-hydrogen) atoms. The molecule has 4 nitrogen and oxygen atoms in total. The first-order chi connectivity index (χ1) is 9.15. The summed E-state index contributed by atoms with van der Waals surface area (Å²) >= 11 is 0. The van der Waals surface area contributed by atoms with Crippen LogP contribution in [0.25, 0.3) is 0 Å². The number of aryl methyl sites for hydroxylation is 1. The number of aliphatic hydroxyl groups excluding tert-OH is 1. The summed E-state index contributed by atoms with van der Waals surface area (Å²) in [5, 5.41) is 9.46. The van der Waals surface area contributed by atoms with Crippen molar-refractivity contribution in [2.45, 2.75) is 39.3 Å². The van der Waals surface area contributed by atoms with Gasteiger partial charge >= 0.3 is 0 Å². The monoisotopic (exact) mass is 263 g/mol. The SMILES string of the molecule is CCN1CCC(N(C)c2cc(C)ncc2CO)CC1. The third kappa shape index (κ3) is 3.25. The molecule has 1 saturated heterocycles. The summed E-state index contributed by atoms with van der Waals surface area (Å²) in [5.41, 5.74) is 3.06. The summed E-state index contributed by atoms with van der Waals surface area (Å²) in [4.78, 5) is 9.09. The van der Waals surface area contributed by atoms with Crippen LogP contribution < -0.4 is 4.90 Å². The summed E-state index contributed by atoms with van der Waals surface area (Å²) in [7, 11) is 2.14. The Balaban J connectivity index is 2.11. The normalized spacial score (nSPS) is 17.7. The molecule has 1 fully saturated rings. The van der Waals surface area contributed by atoms with Gasteiger partial charge in [0.2, 0.25) is 0 Å². The van der Waals surface area contributed by atoms with Crippen molar-refractivity contribution >= 4 is 5.69 Å². The number of aliphatic hydroxyl groups is 1. The number of hydrogen-bond donors (Lipinski definition) is 1. The third-order valence-electron chi connectivity index (χ3n) is 4.20. The van der Waals surface area contributed by atoms with E-state index in [1.54, 1.807) is 6.20 Å². The van der Waals surface area contributed by atoms with Crippen LogP contribution in [-0.2, 0) is 6.61 Å². The van der Waals surface area contributed by atoms with Gasteiger partial charge in [-0.25, -0.2) is 0 Å². The van der Waals surface area contributed by atoms with E-state index in [2.05, 4.69) is 34.8 Å². The summed E-state index contributed by atoms with van der Waals surface area (Å²) in [5.74, 6) is 0. The van der Waals surface area contributed by atoms with E-state index in [1.165, 1.54) is 25.9 Å². The van der Waals surface area contributed by atoms with E-state index in [-0.39, 0.29) is 6.61 Å². The maximum absolute atomic E-state index is 9.46. The van der Waals surface area contributed by atoms with E-state index in [1.807, 2.05) is 6.92 Å². The standard InChI is InChI=1S/C15H25N3O/c1-4-18-7-5-14(6-8-18)17(3)15-9-12(2)16-10-13(15)11-19/h9-10,14,19H,4-8,11H2,1-3H3. The lowest BCUT2D eigenvalue weighted by Crippen LogP contribution is -2.43. The highest BCUT2D eigenvalue weighted by Crippen LogP contribution is 2.25. The molecule has 1 aromatic heterocycles. The molecule has 1 aliphatic rings. The van der Waals surface area contributed by atoms with Crippen molar-refractivity contribution in [3.8, 4) is 0 Å². The van der Waals surface area contributed by atoms with E-state index < -0.39 is 0 Å². The molecule has 0 unspecified atom stereocenters. The van der Waals surface area contributed by atoms with Gasteiger partial charge in [-0.05, 0) is 32.4 Å². The Hall–Kier alpha value is -1.13. The molecular weight excluding hydrogens is 238 g/mol. The maximum Gasteiger partial charge on any atom is 0.0717 e. The third-order valence-corrected chi connectivity index (χ3v) is 4.20. The van der Waals surface area contributed by atoms with Gasteiger partial charge in [0.1, 0.15) is 0 Å². The second-order valence-electron chi connectivity index (χ2n) is 5.39. The van der Waals surface area contributed by atoms with Gasteiger partial charge in [0, 0.05) is 49.3 Å². The van der Waals surface area contributed by atoms with Gasteiger partial charge in [0.25, 0.3) is 0 Å². The first-order valence-corrected chi connectivity index (χ1v) is 7.17. The van der Waals surface area contributed by atoms with Gasteiger partial charge in [-0.3, -0.25) is 4.98 Å². The topological polar surface area (TPSA) is 39.6 Å². The zero-order valence-corrected chi connectivity index (χ0v) is 12.3. The molecule has 0 saturated carbocycles. The van der Waals surface area contributed by atoms with Crippen LogP contribution in [0.3, 0.4) is 0 Å². The van der Waals surface area contributed by atoms with Crippen LogP contribution in [0.5, 0.6) is 0 Å². The van der Waals surface area contributed by atoms with Crippen LogP contribution in [0.15, 0.2) is 12.3 Å². The van der Waals surface area contributed by atoms with E-state index in [0.29, 0.717) is 6.04 Å². The Labute approximate surface area is 116 Å². The Kier molecular flexibility index (Phi) is 4.77. The first kappa shape index (κ1) is 14.3. The molecule has 2 heterocycles. The average molecular weight is 263 g/mol. The highest BCUT2D eigenvalue weighted by Gasteiger charge is 2.23. The molecule has 0 aromatic carbocycles. The molecule has 1 N–H and O–H groups in total. The maximum atomic E-state index is 9.46. The van der Waals surface area contributed by atoms with E-state index in [4.69, 9.17) is 0 Å². The van der Waals surface area contributed by atoms with Crippen molar-refractivity contribution < 1.29 is 5.11 Å².